The van der Waals surface area contributed by atoms with Crippen LogP contribution < -0.4 is 0 Å². The van der Waals surface area contributed by atoms with Crippen LogP contribution in [0.3, 0.4) is 0 Å². The van der Waals surface area contributed by atoms with Crippen molar-refractivity contribution in [3.05, 3.63) is 110 Å². The van der Waals surface area contributed by atoms with Crippen LogP contribution in [0.4, 0.5) is 0 Å². The molecule has 8 heterocycles. The fraction of sp³-hybridized carbons (Fsp3) is 0.423. The van der Waals surface area contributed by atoms with Gasteiger partial charge in [-0.1, -0.05) is 80.1 Å². The van der Waals surface area contributed by atoms with Gasteiger partial charge in [-0.05, 0) is 67.7 Å². The zero-order chi connectivity index (χ0) is 50.8. The number of ether oxygens (including phenoxy) is 2. The number of carboxylic acid groups (broad SMARTS) is 1. The molecule has 390 valence electrons. The third-order valence-electron chi connectivity index (χ3n) is 13.4. The second-order valence-electron chi connectivity index (χ2n) is 17.9. The molecule has 7 aromatic rings. The highest BCUT2D eigenvalue weighted by atomic mass is 79.9. The van der Waals surface area contributed by atoms with Crippen LogP contribution in [0, 0.1) is 17.8 Å². The Hall–Kier alpha value is -5.25. The molecule has 1 amide bonds. The average Bonchev–Trinajstić information content (AvgIpc) is 4.28. The molecule has 2 unspecified atom stereocenters. The van der Waals surface area contributed by atoms with Crippen LogP contribution >= 0.6 is 73.7 Å². The predicted molar refractivity (Wildman–Crippen MR) is 295 cm³/mol. The number of aromatic nitrogens is 6. The summed E-state index contributed by atoms with van der Waals surface area (Å²) in [4.78, 5) is 83.3. The topological polar surface area (TPSA) is 213 Å². The van der Waals surface area contributed by atoms with Crippen LogP contribution in [-0.2, 0) is 9.47 Å². The Kier molecular flexibility index (Phi) is 22.7. The van der Waals surface area contributed by atoms with E-state index in [1.807, 2.05) is 11.4 Å². The molecule has 21 heteroatoms. The number of aromatic carboxylic acids is 1. The van der Waals surface area contributed by atoms with Crippen molar-refractivity contribution >= 4 is 103 Å². The van der Waals surface area contributed by atoms with Crippen molar-refractivity contribution in [1.82, 2.24) is 34.8 Å². The molecule has 4 aliphatic rings. The second kappa shape index (κ2) is 29.0. The third-order valence-corrected chi connectivity index (χ3v) is 17.8. The van der Waals surface area contributed by atoms with E-state index in [0.717, 1.165) is 68.0 Å². The minimum Gasteiger partial charge on any atom is -0.478 e. The first kappa shape index (κ1) is 57.0. The zero-order valence-electron chi connectivity index (χ0n) is 40.7. The van der Waals surface area contributed by atoms with Gasteiger partial charge < -0.3 is 34.4 Å². The number of nitrogens with zero attached hydrogens (tertiary/aromatic N) is 4. The SMILES string of the molecule is C1CCC2CCCCC2C1.COC(=O)c1csc(-c2cnc[nH]2)c1.COC(=O)c1csc(C(=O)CBr)c1.Cl.O=C(O)c1csc(-c2cnc[nH]2)c1.O=C(c1csc(-c2cnc[nH]2)c1)N1CCCC2CCCCC21. The monoisotopic (exact) mass is 1150 g/mol. The molecule has 0 radical (unpaired) electrons. The van der Waals surface area contributed by atoms with E-state index in [2.05, 4.69) is 60.2 Å². The molecule has 73 heavy (non-hydrogen) atoms. The number of rotatable bonds is 9. The van der Waals surface area contributed by atoms with Crippen molar-refractivity contribution in [2.75, 3.05) is 26.1 Å². The van der Waals surface area contributed by atoms with Gasteiger partial charge in [0.2, 0.25) is 0 Å². The number of ketones is 1. The molecule has 4 fully saturated rings. The van der Waals surface area contributed by atoms with Crippen molar-refractivity contribution in [2.24, 2.45) is 17.8 Å². The van der Waals surface area contributed by atoms with Crippen LogP contribution in [0.1, 0.15) is 141 Å². The van der Waals surface area contributed by atoms with E-state index >= 15 is 0 Å². The summed E-state index contributed by atoms with van der Waals surface area (Å²) in [6, 6.07) is 7.43. The van der Waals surface area contributed by atoms with Gasteiger partial charge in [0.15, 0.2) is 5.78 Å². The number of esters is 2. The number of carbonyl (C=O) groups is 5. The number of likely N-dealkylation sites (tertiary alicyclic amines) is 1. The molecular weight excluding hydrogens is 1090 g/mol. The number of fused-ring (bicyclic) bond motifs is 2. The molecule has 1 aliphatic heterocycles. The van der Waals surface area contributed by atoms with Crippen molar-refractivity contribution in [3.63, 3.8) is 0 Å². The van der Waals surface area contributed by atoms with E-state index < -0.39 is 11.9 Å². The summed E-state index contributed by atoms with van der Waals surface area (Å²) >= 11 is 8.77. The quantitative estimate of drug-likeness (QED) is 0.0606. The number of H-pyrrole nitrogens is 3. The van der Waals surface area contributed by atoms with E-state index in [0.29, 0.717) is 27.6 Å². The van der Waals surface area contributed by atoms with Crippen LogP contribution in [0.2, 0.25) is 0 Å². The lowest BCUT2D eigenvalue weighted by molar-refractivity contribution is 0.0390. The number of Topliss-reactive ketones (excluding diaryl/α,β-unsaturated/α-hetero) is 1. The molecule has 1 saturated heterocycles. The number of nitrogens with one attached hydrogen (secondary N) is 3. The lowest BCUT2D eigenvalue weighted by atomic mass is 9.71. The van der Waals surface area contributed by atoms with E-state index in [1.54, 1.807) is 109 Å². The maximum absolute atomic E-state index is 12.9. The van der Waals surface area contributed by atoms with E-state index in [4.69, 9.17) is 5.11 Å². The number of carbonyl (C=O) groups excluding carboxylic acids is 4. The minimum atomic E-state index is -0.901. The summed E-state index contributed by atoms with van der Waals surface area (Å²) in [5, 5.41) is 15.9. The number of methoxy groups -OCH3 is 2. The predicted octanol–water partition coefficient (Wildman–Crippen LogP) is 13.6. The normalized spacial score (nSPS) is 18.6. The number of hydrogen-bond donors (Lipinski definition) is 4. The summed E-state index contributed by atoms with van der Waals surface area (Å²) < 4.78 is 9.12. The van der Waals surface area contributed by atoms with Crippen LogP contribution in [0.25, 0.3) is 31.7 Å². The molecule has 3 aliphatic carbocycles. The van der Waals surface area contributed by atoms with Crippen molar-refractivity contribution in [1.29, 1.82) is 0 Å². The lowest BCUT2D eigenvalue weighted by Crippen LogP contribution is -2.49. The molecule has 15 nitrogen and oxygen atoms in total. The molecule has 0 bridgehead atoms. The maximum Gasteiger partial charge on any atom is 0.338 e. The number of imidazole rings is 3. The highest BCUT2D eigenvalue weighted by Gasteiger charge is 2.36. The lowest BCUT2D eigenvalue weighted by Gasteiger charge is -2.44. The first-order chi connectivity index (χ1) is 35.1. The molecule has 11 rings (SSSR count). The Morgan fingerprint density at radius 3 is 1.45 bits per heavy atom. The van der Waals surface area contributed by atoms with Gasteiger partial charge in [-0.25, -0.2) is 29.3 Å². The van der Waals surface area contributed by atoms with Gasteiger partial charge in [0.05, 0.1) is 116 Å². The van der Waals surface area contributed by atoms with Crippen LogP contribution in [-0.4, -0.2) is 102 Å². The Morgan fingerprint density at radius 1 is 0.589 bits per heavy atom. The van der Waals surface area contributed by atoms with Crippen molar-refractivity contribution in [3.8, 4) is 31.7 Å². The summed E-state index contributed by atoms with van der Waals surface area (Å²) in [6.07, 6.45) is 29.9. The Labute approximate surface area is 455 Å². The number of thiophene rings is 4. The number of piperidine rings is 1. The second-order valence-corrected chi connectivity index (χ2v) is 22.1. The molecule has 4 N–H and O–H groups in total. The molecule has 3 saturated carbocycles. The van der Waals surface area contributed by atoms with Gasteiger partial charge in [-0.3, -0.25) is 9.59 Å². The Balaban J connectivity index is 0.000000153. The van der Waals surface area contributed by atoms with Gasteiger partial charge in [-0.15, -0.1) is 57.8 Å². The van der Waals surface area contributed by atoms with Crippen molar-refractivity contribution in [2.45, 2.75) is 95.9 Å². The smallest absolute Gasteiger partial charge is 0.338 e. The first-order valence-electron chi connectivity index (χ1n) is 24.2. The molecular formula is C52H61BrClN7O8S4. The highest BCUT2D eigenvalue weighted by Crippen LogP contribution is 2.40. The van der Waals surface area contributed by atoms with Gasteiger partial charge in [-0.2, -0.15) is 0 Å². The molecule has 7 aromatic heterocycles. The summed E-state index contributed by atoms with van der Waals surface area (Å²) in [5.41, 5.74) is 4.88. The molecule has 2 atom stereocenters. The van der Waals surface area contributed by atoms with Gasteiger partial charge in [0.1, 0.15) is 0 Å². The number of carboxylic acids is 1. The van der Waals surface area contributed by atoms with Gasteiger partial charge in [0, 0.05) is 34.1 Å². The third kappa shape index (κ3) is 15.9. The maximum atomic E-state index is 12.9. The van der Waals surface area contributed by atoms with E-state index in [-0.39, 0.29) is 35.4 Å². The first-order valence-corrected chi connectivity index (χ1v) is 28.8. The fourth-order valence-corrected chi connectivity index (χ4v) is 13.6. The Bertz CT molecular complexity index is 2730. The average molecular weight is 1160 g/mol. The van der Waals surface area contributed by atoms with E-state index in [9.17, 15) is 24.0 Å². The fourth-order valence-electron chi connectivity index (χ4n) is 9.73. The standard InChI is InChI=1S/C17H21N3OS.C10H18.C9H8N2O2S.C8H7BrO3S.C8H6N2O2S.ClH/c21-17(13-8-16(22-10-13)14-9-18-11-19-14)20-7-3-5-12-4-1-2-6-15(12)20;1-2-6-10-8-4-3-7-9(10)5-1;1-13-9(12)6-2-8(14-4-6)7-3-10-5-11-7;1-12-8(11)5-2-7(13-4-5)6(10)3-9;11-8(12)5-1-7(13-3-5)6-2-9-4-10-6;/h8-12,15H,1-7H2,(H,18,19);9-10H,1-8H2;2-5H,1H3,(H,10,11);2,4H,3H2,1H3;1-4H,(H,9,10)(H,11,12);1H. The van der Waals surface area contributed by atoms with Gasteiger partial charge in [0.25, 0.3) is 5.91 Å². The summed E-state index contributed by atoms with van der Waals surface area (Å²) in [7, 11) is 2.68. The zero-order valence-corrected chi connectivity index (χ0v) is 46.4. The van der Waals surface area contributed by atoms with Gasteiger partial charge >= 0.3 is 17.9 Å². The highest BCUT2D eigenvalue weighted by molar-refractivity contribution is 9.09. The van der Waals surface area contributed by atoms with E-state index in [1.165, 1.54) is 106 Å². The van der Waals surface area contributed by atoms with Crippen LogP contribution in [0.5, 0.6) is 0 Å². The molecule has 0 spiro atoms. The van der Waals surface area contributed by atoms with Crippen LogP contribution in [0.15, 0.2) is 83.4 Å². The minimum absolute atomic E-state index is 0. The summed E-state index contributed by atoms with van der Waals surface area (Å²) in [5.74, 6) is 1.61. The largest absolute Gasteiger partial charge is 0.478 e. The number of alkyl halides is 1. The number of amides is 1. The molecule has 0 aromatic carbocycles. The summed E-state index contributed by atoms with van der Waals surface area (Å²) in [6.45, 7) is 0.926. The number of aromatic amines is 3. The van der Waals surface area contributed by atoms with Crippen molar-refractivity contribution < 1.29 is 38.6 Å². The number of hydrogen-bond acceptors (Lipinski definition) is 14. The number of halogens is 2. The Morgan fingerprint density at radius 2 is 1.00 bits per heavy atom.